The molecule has 1 atom stereocenters. The predicted octanol–water partition coefficient (Wildman–Crippen LogP) is 5.80. The molecule has 2 aromatic carbocycles. The number of carbonyl (C=O) groups excluding carboxylic acids is 1. The fraction of sp³-hybridized carbons (Fsp3) is 0.381. The van der Waals surface area contributed by atoms with Crippen molar-refractivity contribution in [2.45, 2.75) is 24.2 Å². The van der Waals surface area contributed by atoms with Crippen LogP contribution in [0.5, 0.6) is 0 Å². The summed E-state index contributed by atoms with van der Waals surface area (Å²) >= 11 is 6.39. The van der Waals surface area contributed by atoms with Crippen LogP contribution in [-0.2, 0) is 4.79 Å². The van der Waals surface area contributed by atoms with Gasteiger partial charge in [0, 0.05) is 36.1 Å². The lowest BCUT2D eigenvalue weighted by Crippen LogP contribution is -2.50. The second-order valence-corrected chi connectivity index (χ2v) is 8.65. The maximum absolute atomic E-state index is 14.6. The number of aryl methyl sites for hydroxylation is 1. The summed E-state index contributed by atoms with van der Waals surface area (Å²) < 4.78 is 66.8. The zero-order valence-electron chi connectivity index (χ0n) is 16.6. The third-order valence-electron chi connectivity index (χ3n) is 4.95. The molecule has 1 aliphatic rings. The van der Waals surface area contributed by atoms with Crippen molar-refractivity contribution < 1.29 is 26.7 Å². The second kappa shape index (κ2) is 9.65. The average Bonchev–Trinajstić information content (AvgIpc) is 2.72. The maximum atomic E-state index is 14.6. The van der Waals surface area contributed by atoms with Gasteiger partial charge < -0.3 is 9.80 Å². The molecule has 10 heteroatoms. The highest BCUT2D eigenvalue weighted by molar-refractivity contribution is 7.99. The van der Waals surface area contributed by atoms with Gasteiger partial charge in [-0.3, -0.25) is 4.79 Å². The lowest BCUT2D eigenvalue weighted by molar-refractivity contribution is -0.137. The molecular formula is C21H20ClF5N2OS. The minimum Gasteiger partial charge on any atom is -0.366 e. The van der Waals surface area contributed by atoms with E-state index in [1.54, 1.807) is 11.8 Å². The van der Waals surface area contributed by atoms with Gasteiger partial charge in [-0.1, -0.05) is 23.7 Å². The standard InChI is InChI=1S/C21H20ClF5N2OS/c1-13-10-16(23)17(11-18(13)31-12-21(25,26)27)28-6-8-29(9-7-28)20(30)19(24)14-2-4-15(22)5-3-14/h2-5,10-11,19H,6-9,12H2,1H3. The van der Waals surface area contributed by atoms with E-state index in [0.717, 1.165) is 0 Å². The van der Waals surface area contributed by atoms with E-state index in [1.807, 2.05) is 0 Å². The fourth-order valence-electron chi connectivity index (χ4n) is 3.30. The summed E-state index contributed by atoms with van der Waals surface area (Å²) in [5.74, 6) is -2.30. The zero-order valence-corrected chi connectivity index (χ0v) is 18.1. The van der Waals surface area contributed by atoms with Gasteiger partial charge in [-0.2, -0.15) is 13.2 Å². The van der Waals surface area contributed by atoms with Crippen molar-refractivity contribution in [3.8, 4) is 0 Å². The molecule has 0 aromatic heterocycles. The fourth-order valence-corrected chi connectivity index (χ4v) is 4.23. The Balaban J connectivity index is 1.66. The van der Waals surface area contributed by atoms with Crippen molar-refractivity contribution in [3.05, 3.63) is 58.4 Å². The Morgan fingerprint density at radius 1 is 1.13 bits per heavy atom. The van der Waals surface area contributed by atoms with Crippen molar-refractivity contribution in [2.75, 3.05) is 36.8 Å². The molecule has 1 fully saturated rings. The Kier molecular flexibility index (Phi) is 7.36. The first-order valence-corrected chi connectivity index (χ1v) is 10.8. The molecule has 1 heterocycles. The molecule has 0 bridgehead atoms. The Hall–Kier alpha value is -2.00. The Morgan fingerprint density at radius 3 is 2.32 bits per heavy atom. The molecule has 1 unspecified atom stereocenters. The van der Waals surface area contributed by atoms with Crippen LogP contribution in [-0.4, -0.2) is 48.9 Å². The van der Waals surface area contributed by atoms with Crippen LogP contribution in [0.2, 0.25) is 5.02 Å². The van der Waals surface area contributed by atoms with Gasteiger partial charge in [0.15, 0.2) is 0 Å². The Labute approximate surface area is 186 Å². The molecule has 1 saturated heterocycles. The number of rotatable bonds is 5. The zero-order chi connectivity index (χ0) is 22.8. The number of hydrogen-bond donors (Lipinski definition) is 0. The molecule has 0 aliphatic carbocycles. The van der Waals surface area contributed by atoms with E-state index in [9.17, 15) is 26.7 Å². The summed E-state index contributed by atoms with van der Waals surface area (Å²) in [5.41, 5.74) is 0.803. The van der Waals surface area contributed by atoms with Crippen LogP contribution < -0.4 is 4.90 Å². The van der Waals surface area contributed by atoms with Gasteiger partial charge in [0.25, 0.3) is 5.91 Å². The molecule has 3 nitrogen and oxygen atoms in total. The summed E-state index contributed by atoms with van der Waals surface area (Å²) in [6, 6.07) is 8.52. The minimum absolute atomic E-state index is 0.172. The first kappa shape index (κ1) is 23.7. The van der Waals surface area contributed by atoms with Crippen LogP contribution in [0.3, 0.4) is 0 Å². The van der Waals surface area contributed by atoms with Gasteiger partial charge in [-0.25, -0.2) is 8.78 Å². The number of alkyl halides is 4. The third-order valence-corrected chi connectivity index (χ3v) is 6.42. The van der Waals surface area contributed by atoms with Gasteiger partial charge in [0.05, 0.1) is 11.4 Å². The first-order chi connectivity index (χ1) is 14.5. The highest BCUT2D eigenvalue weighted by atomic mass is 35.5. The summed E-state index contributed by atoms with van der Waals surface area (Å²) in [6.45, 7) is 2.38. The van der Waals surface area contributed by atoms with Crippen molar-refractivity contribution in [1.29, 1.82) is 0 Å². The van der Waals surface area contributed by atoms with Gasteiger partial charge in [0.1, 0.15) is 5.82 Å². The van der Waals surface area contributed by atoms with Crippen LogP contribution >= 0.6 is 23.4 Å². The van der Waals surface area contributed by atoms with Gasteiger partial charge in [0.2, 0.25) is 6.17 Å². The lowest BCUT2D eigenvalue weighted by atomic mass is 10.1. The number of anilines is 1. The molecule has 0 N–H and O–H groups in total. The molecular weight excluding hydrogens is 459 g/mol. The van der Waals surface area contributed by atoms with Gasteiger partial charge in [-0.05, 0) is 42.3 Å². The monoisotopic (exact) mass is 478 g/mol. The molecule has 2 aromatic rings. The number of nitrogens with zero attached hydrogens (tertiary/aromatic N) is 2. The van der Waals surface area contributed by atoms with Crippen molar-refractivity contribution in [1.82, 2.24) is 4.90 Å². The van der Waals surface area contributed by atoms with Crippen molar-refractivity contribution in [3.63, 3.8) is 0 Å². The van der Waals surface area contributed by atoms with Crippen molar-refractivity contribution >= 4 is 35.0 Å². The van der Waals surface area contributed by atoms with E-state index in [1.165, 1.54) is 41.3 Å². The second-order valence-electron chi connectivity index (χ2n) is 7.20. The number of amides is 1. The molecule has 3 rings (SSSR count). The number of carbonyl (C=O) groups is 1. The van der Waals surface area contributed by atoms with Crippen LogP contribution in [0.4, 0.5) is 27.6 Å². The van der Waals surface area contributed by atoms with Gasteiger partial charge >= 0.3 is 6.18 Å². The molecule has 1 amide bonds. The summed E-state index contributed by atoms with van der Waals surface area (Å²) in [6.07, 6.45) is -6.16. The summed E-state index contributed by atoms with van der Waals surface area (Å²) in [4.78, 5) is 15.9. The SMILES string of the molecule is Cc1cc(F)c(N2CCN(C(=O)C(F)c3ccc(Cl)cc3)CC2)cc1SCC(F)(F)F. The number of halogens is 6. The highest BCUT2D eigenvalue weighted by Crippen LogP contribution is 2.34. The van der Waals surface area contributed by atoms with E-state index >= 15 is 0 Å². The molecule has 0 spiro atoms. The average molecular weight is 479 g/mol. The van der Waals surface area contributed by atoms with Gasteiger partial charge in [-0.15, -0.1) is 11.8 Å². The van der Waals surface area contributed by atoms with E-state index in [4.69, 9.17) is 11.6 Å². The molecule has 168 valence electrons. The predicted molar refractivity (Wildman–Crippen MR) is 112 cm³/mol. The smallest absolute Gasteiger partial charge is 0.366 e. The lowest BCUT2D eigenvalue weighted by Gasteiger charge is -2.37. The number of hydrogen-bond acceptors (Lipinski definition) is 3. The van der Waals surface area contributed by atoms with E-state index < -0.39 is 29.8 Å². The van der Waals surface area contributed by atoms with Crippen LogP contribution in [0.15, 0.2) is 41.3 Å². The van der Waals surface area contributed by atoms with E-state index in [-0.39, 0.29) is 37.4 Å². The minimum atomic E-state index is -4.33. The largest absolute Gasteiger partial charge is 0.398 e. The summed E-state index contributed by atoms with van der Waals surface area (Å²) in [5, 5.41) is 0.435. The molecule has 0 radical (unpaired) electrons. The van der Waals surface area contributed by atoms with Crippen LogP contribution in [0.1, 0.15) is 17.3 Å². The van der Waals surface area contributed by atoms with Crippen LogP contribution in [0, 0.1) is 12.7 Å². The quantitative estimate of drug-likeness (QED) is 0.401. The molecule has 0 saturated carbocycles. The molecule has 31 heavy (non-hydrogen) atoms. The van der Waals surface area contributed by atoms with Crippen molar-refractivity contribution in [2.24, 2.45) is 0 Å². The highest BCUT2D eigenvalue weighted by Gasteiger charge is 2.30. The topological polar surface area (TPSA) is 23.6 Å². The normalized spacial score (nSPS) is 15.8. The van der Waals surface area contributed by atoms with Crippen LogP contribution in [0.25, 0.3) is 0 Å². The third kappa shape index (κ3) is 6.04. The first-order valence-electron chi connectivity index (χ1n) is 9.48. The van der Waals surface area contributed by atoms with E-state index in [2.05, 4.69) is 0 Å². The Bertz CT molecular complexity index is 931. The number of thioether (sulfide) groups is 1. The Morgan fingerprint density at radius 2 is 1.74 bits per heavy atom. The maximum Gasteiger partial charge on any atom is 0.398 e. The number of benzene rings is 2. The summed E-state index contributed by atoms with van der Waals surface area (Å²) in [7, 11) is 0. The number of piperazine rings is 1. The molecule has 1 aliphatic heterocycles. The van der Waals surface area contributed by atoms with E-state index in [0.29, 0.717) is 27.2 Å².